The highest BCUT2D eigenvalue weighted by Crippen LogP contribution is 2.18. The van der Waals surface area contributed by atoms with Crippen molar-refractivity contribution in [3.05, 3.63) is 65.7 Å². The van der Waals surface area contributed by atoms with Crippen molar-refractivity contribution < 1.29 is 19.1 Å². The molecule has 27 heavy (non-hydrogen) atoms. The van der Waals surface area contributed by atoms with Crippen LogP contribution < -0.4 is 10.6 Å². The molecule has 0 fully saturated rings. The Bertz CT molecular complexity index is 788. The lowest BCUT2D eigenvalue weighted by atomic mass is 10.0. The number of aryl methyl sites for hydroxylation is 1. The molecular formula is C21H24N2O4. The smallest absolute Gasteiger partial charge is 0.309 e. The van der Waals surface area contributed by atoms with Crippen LogP contribution in [-0.2, 0) is 19.1 Å². The molecule has 2 aromatic carbocycles. The van der Waals surface area contributed by atoms with Gasteiger partial charge in [0.1, 0.15) is 0 Å². The van der Waals surface area contributed by atoms with Gasteiger partial charge in [0.15, 0.2) is 6.10 Å². The molecule has 2 aromatic rings. The number of nitrogens with one attached hydrogen (secondary N) is 2. The van der Waals surface area contributed by atoms with Crippen LogP contribution in [0.1, 0.15) is 37.4 Å². The Morgan fingerprint density at radius 3 is 2.22 bits per heavy atom. The second-order valence-corrected chi connectivity index (χ2v) is 6.36. The summed E-state index contributed by atoms with van der Waals surface area (Å²) < 4.78 is 5.24. The predicted molar refractivity (Wildman–Crippen MR) is 103 cm³/mol. The number of anilines is 1. The van der Waals surface area contributed by atoms with E-state index in [1.807, 2.05) is 49.4 Å². The summed E-state index contributed by atoms with van der Waals surface area (Å²) in [6, 6.07) is 16.0. The maximum atomic E-state index is 12.3. The molecule has 6 nitrogen and oxygen atoms in total. The van der Waals surface area contributed by atoms with Crippen LogP contribution in [0.3, 0.4) is 0 Å². The molecule has 6 heteroatoms. The third kappa shape index (κ3) is 6.58. The second-order valence-electron chi connectivity index (χ2n) is 6.36. The minimum atomic E-state index is -0.951. The first-order valence-corrected chi connectivity index (χ1v) is 8.74. The van der Waals surface area contributed by atoms with Gasteiger partial charge in [-0.15, -0.1) is 0 Å². The zero-order chi connectivity index (χ0) is 19.8. The van der Waals surface area contributed by atoms with Gasteiger partial charge in [-0.3, -0.25) is 14.4 Å². The van der Waals surface area contributed by atoms with Gasteiger partial charge < -0.3 is 15.4 Å². The minimum absolute atomic E-state index is 0.0637. The fraction of sp³-hybridized carbons (Fsp3) is 0.286. The van der Waals surface area contributed by atoms with E-state index in [-0.39, 0.29) is 12.3 Å². The first kappa shape index (κ1) is 20.2. The Balaban J connectivity index is 1.94. The van der Waals surface area contributed by atoms with E-state index >= 15 is 0 Å². The van der Waals surface area contributed by atoms with E-state index in [0.29, 0.717) is 5.69 Å². The summed E-state index contributed by atoms with van der Waals surface area (Å²) in [5, 5.41) is 5.44. The molecule has 0 spiro atoms. The van der Waals surface area contributed by atoms with Gasteiger partial charge in [-0.1, -0.05) is 48.0 Å². The van der Waals surface area contributed by atoms with Gasteiger partial charge in [0.2, 0.25) is 5.91 Å². The largest absolute Gasteiger partial charge is 0.452 e. The molecule has 2 atom stereocenters. The number of rotatable bonds is 7. The van der Waals surface area contributed by atoms with Crippen LogP contribution in [0.4, 0.5) is 5.69 Å². The summed E-state index contributed by atoms with van der Waals surface area (Å²) in [4.78, 5) is 35.9. The number of esters is 1. The summed E-state index contributed by atoms with van der Waals surface area (Å²) in [6.07, 6.45) is -1.02. The average molecular weight is 368 g/mol. The fourth-order valence-corrected chi connectivity index (χ4v) is 2.53. The number of ether oxygens (including phenoxy) is 1. The highest BCUT2D eigenvalue weighted by molar-refractivity contribution is 5.95. The Kier molecular flexibility index (Phi) is 7.11. The molecule has 0 saturated heterocycles. The monoisotopic (exact) mass is 368 g/mol. The first-order valence-electron chi connectivity index (χ1n) is 8.74. The van der Waals surface area contributed by atoms with Gasteiger partial charge in [-0.25, -0.2) is 0 Å². The van der Waals surface area contributed by atoms with Gasteiger partial charge in [0, 0.05) is 12.6 Å². The predicted octanol–water partition coefficient (Wildman–Crippen LogP) is 3.13. The van der Waals surface area contributed by atoms with Crippen molar-refractivity contribution in [2.75, 3.05) is 5.32 Å². The molecule has 2 N–H and O–H groups in total. The van der Waals surface area contributed by atoms with E-state index in [0.717, 1.165) is 11.1 Å². The van der Waals surface area contributed by atoms with Crippen LogP contribution in [0.15, 0.2) is 54.6 Å². The van der Waals surface area contributed by atoms with E-state index < -0.39 is 24.0 Å². The molecule has 0 unspecified atom stereocenters. The number of hydrogen-bond donors (Lipinski definition) is 2. The normalized spacial score (nSPS) is 12.6. The fourth-order valence-electron chi connectivity index (χ4n) is 2.53. The molecular weight excluding hydrogens is 344 g/mol. The minimum Gasteiger partial charge on any atom is -0.452 e. The number of hydrogen-bond acceptors (Lipinski definition) is 4. The van der Waals surface area contributed by atoms with Crippen molar-refractivity contribution in [1.82, 2.24) is 5.32 Å². The van der Waals surface area contributed by atoms with Crippen molar-refractivity contribution in [3.8, 4) is 0 Å². The molecule has 0 aliphatic carbocycles. The molecule has 0 aliphatic heterocycles. The van der Waals surface area contributed by atoms with E-state index in [1.165, 1.54) is 13.8 Å². The summed E-state index contributed by atoms with van der Waals surface area (Å²) >= 11 is 0. The van der Waals surface area contributed by atoms with Crippen molar-refractivity contribution in [3.63, 3.8) is 0 Å². The molecule has 2 amide bonds. The molecule has 0 aliphatic rings. The third-order valence-corrected chi connectivity index (χ3v) is 3.95. The van der Waals surface area contributed by atoms with Gasteiger partial charge >= 0.3 is 5.97 Å². The molecule has 0 bridgehead atoms. The Morgan fingerprint density at radius 2 is 1.63 bits per heavy atom. The number of benzene rings is 2. The Labute approximate surface area is 158 Å². The SMILES string of the molecule is CC(=O)N[C@H](CC(=O)O[C@@H](C)C(=O)Nc1ccc(C)cc1)c1ccccc1. The quantitative estimate of drug-likeness (QED) is 0.736. The summed E-state index contributed by atoms with van der Waals surface area (Å²) in [6.45, 7) is 4.85. The van der Waals surface area contributed by atoms with Crippen molar-refractivity contribution in [1.29, 1.82) is 0 Å². The van der Waals surface area contributed by atoms with Crippen LogP contribution >= 0.6 is 0 Å². The molecule has 0 heterocycles. The maximum Gasteiger partial charge on any atom is 0.309 e. The van der Waals surface area contributed by atoms with Gasteiger partial charge in [0.05, 0.1) is 12.5 Å². The van der Waals surface area contributed by atoms with Crippen LogP contribution in [0, 0.1) is 6.92 Å². The first-order chi connectivity index (χ1) is 12.8. The molecule has 0 aromatic heterocycles. The van der Waals surface area contributed by atoms with E-state index in [9.17, 15) is 14.4 Å². The number of carbonyl (C=O) groups is 3. The molecule has 2 rings (SSSR count). The lowest BCUT2D eigenvalue weighted by Gasteiger charge is -2.19. The van der Waals surface area contributed by atoms with Crippen molar-refractivity contribution in [2.45, 2.75) is 39.3 Å². The van der Waals surface area contributed by atoms with Crippen molar-refractivity contribution >= 4 is 23.5 Å². The van der Waals surface area contributed by atoms with Crippen LogP contribution in [0.25, 0.3) is 0 Å². The average Bonchev–Trinajstić information content (AvgIpc) is 2.63. The van der Waals surface area contributed by atoms with Crippen LogP contribution in [0.2, 0.25) is 0 Å². The highest BCUT2D eigenvalue weighted by atomic mass is 16.5. The van der Waals surface area contributed by atoms with Crippen LogP contribution in [-0.4, -0.2) is 23.9 Å². The van der Waals surface area contributed by atoms with Gasteiger partial charge in [-0.2, -0.15) is 0 Å². The van der Waals surface area contributed by atoms with Crippen molar-refractivity contribution in [2.24, 2.45) is 0 Å². The highest BCUT2D eigenvalue weighted by Gasteiger charge is 2.22. The summed E-state index contributed by atoms with van der Waals surface area (Å²) in [7, 11) is 0. The maximum absolute atomic E-state index is 12.3. The molecule has 0 saturated carbocycles. The van der Waals surface area contributed by atoms with Gasteiger partial charge in [0.25, 0.3) is 5.91 Å². The van der Waals surface area contributed by atoms with E-state index in [4.69, 9.17) is 4.74 Å². The number of amides is 2. The lowest BCUT2D eigenvalue weighted by Crippen LogP contribution is -2.33. The van der Waals surface area contributed by atoms with Crippen LogP contribution in [0.5, 0.6) is 0 Å². The summed E-state index contributed by atoms with van der Waals surface area (Å²) in [5.41, 5.74) is 2.51. The van der Waals surface area contributed by atoms with E-state index in [1.54, 1.807) is 12.1 Å². The zero-order valence-corrected chi connectivity index (χ0v) is 15.7. The van der Waals surface area contributed by atoms with E-state index in [2.05, 4.69) is 10.6 Å². The second kappa shape index (κ2) is 9.52. The number of carbonyl (C=O) groups excluding carboxylic acids is 3. The standard InChI is InChI=1S/C21H24N2O4/c1-14-9-11-18(12-10-14)23-21(26)15(2)27-20(25)13-19(22-16(3)24)17-7-5-4-6-8-17/h4-12,15,19H,13H2,1-3H3,(H,22,24)(H,23,26)/t15-,19+/m0/s1. The topological polar surface area (TPSA) is 84.5 Å². The molecule has 0 radical (unpaired) electrons. The Hall–Kier alpha value is -3.15. The summed E-state index contributed by atoms with van der Waals surface area (Å²) in [5.74, 6) is -1.23. The zero-order valence-electron chi connectivity index (χ0n) is 15.7. The molecule has 142 valence electrons. The third-order valence-electron chi connectivity index (χ3n) is 3.95. The Morgan fingerprint density at radius 1 is 1.00 bits per heavy atom. The van der Waals surface area contributed by atoms with Gasteiger partial charge in [-0.05, 0) is 31.5 Å². The lowest BCUT2D eigenvalue weighted by molar-refractivity contribution is -0.153.